The number of hydrogen-bond donors (Lipinski definition) is 3. The third-order valence-electron chi connectivity index (χ3n) is 5.55. The predicted molar refractivity (Wildman–Crippen MR) is 114 cm³/mol. The van der Waals surface area contributed by atoms with E-state index in [-0.39, 0.29) is 17.7 Å². The second-order valence-corrected chi connectivity index (χ2v) is 8.12. The Kier molecular flexibility index (Phi) is 9.84. The van der Waals surface area contributed by atoms with Gasteiger partial charge in [-0.3, -0.25) is 19.7 Å². The van der Waals surface area contributed by atoms with Gasteiger partial charge in [-0.25, -0.2) is 4.79 Å². The summed E-state index contributed by atoms with van der Waals surface area (Å²) in [6, 6.07) is 7.93. The first kappa shape index (κ1) is 27.1. The van der Waals surface area contributed by atoms with E-state index in [2.05, 4.69) is 22.3 Å². The number of amides is 3. The molecule has 4 N–H and O–H groups in total. The van der Waals surface area contributed by atoms with Crippen molar-refractivity contribution in [3.05, 3.63) is 29.8 Å². The van der Waals surface area contributed by atoms with E-state index in [4.69, 9.17) is 20.4 Å². The zero-order chi connectivity index (χ0) is 25.3. The first-order chi connectivity index (χ1) is 16.0. The van der Waals surface area contributed by atoms with Gasteiger partial charge in [-0.2, -0.15) is 13.2 Å². The van der Waals surface area contributed by atoms with E-state index in [1.54, 1.807) is 0 Å². The van der Waals surface area contributed by atoms with Crippen molar-refractivity contribution in [2.24, 2.45) is 5.73 Å². The number of ether oxygens (including phenoxy) is 1. The number of nitrogens with one attached hydrogen (secondary N) is 1. The fourth-order valence-electron chi connectivity index (χ4n) is 3.74. The van der Waals surface area contributed by atoms with E-state index in [9.17, 15) is 27.6 Å². The lowest BCUT2D eigenvalue weighted by Gasteiger charge is -2.32. The molecular weight excluding hydrogens is 459 g/mol. The highest BCUT2D eigenvalue weighted by Gasteiger charge is 2.38. The number of imide groups is 1. The van der Waals surface area contributed by atoms with Crippen molar-refractivity contribution in [3.8, 4) is 5.75 Å². The third kappa shape index (κ3) is 9.00. The number of likely N-dealkylation sites (tertiary alicyclic amines) is 1. The van der Waals surface area contributed by atoms with Gasteiger partial charge in [0.25, 0.3) is 5.91 Å². The largest absolute Gasteiger partial charge is 0.490 e. The van der Waals surface area contributed by atoms with Crippen LogP contribution in [-0.4, -0.2) is 65.6 Å². The summed E-state index contributed by atoms with van der Waals surface area (Å²) in [7, 11) is 0. The number of rotatable bonds is 7. The Labute approximate surface area is 194 Å². The predicted octanol–water partition coefficient (Wildman–Crippen LogP) is 1.95. The monoisotopic (exact) mass is 487 g/mol. The molecule has 12 heteroatoms. The van der Waals surface area contributed by atoms with E-state index in [0.717, 1.165) is 38.9 Å². The van der Waals surface area contributed by atoms with Gasteiger partial charge in [0.1, 0.15) is 5.75 Å². The SMILES string of the molecule is NC(=O)CCCN1CCC(c2ccc(OC3CCC(=O)NC3=O)cc2)CC1.O=C(O)C(F)(F)F. The van der Waals surface area contributed by atoms with E-state index in [1.807, 2.05) is 12.1 Å². The van der Waals surface area contributed by atoms with Crippen LogP contribution in [0.3, 0.4) is 0 Å². The van der Waals surface area contributed by atoms with Crippen LogP contribution in [-0.2, 0) is 19.2 Å². The Morgan fingerprint density at radius 2 is 1.71 bits per heavy atom. The van der Waals surface area contributed by atoms with Crippen molar-refractivity contribution in [2.45, 2.75) is 56.7 Å². The van der Waals surface area contributed by atoms with Crippen LogP contribution in [0, 0.1) is 0 Å². The molecule has 3 amide bonds. The second kappa shape index (κ2) is 12.4. The minimum absolute atomic E-state index is 0.232. The average Bonchev–Trinajstić information content (AvgIpc) is 2.76. The van der Waals surface area contributed by atoms with Crippen LogP contribution in [0.25, 0.3) is 0 Å². The lowest BCUT2D eigenvalue weighted by atomic mass is 9.89. The summed E-state index contributed by atoms with van der Waals surface area (Å²) < 4.78 is 37.5. The molecule has 0 aromatic heterocycles. The number of alkyl halides is 3. The fraction of sp³-hybridized carbons (Fsp3) is 0.545. The van der Waals surface area contributed by atoms with Gasteiger partial charge in [-0.05, 0) is 62.5 Å². The van der Waals surface area contributed by atoms with Gasteiger partial charge < -0.3 is 20.5 Å². The first-order valence-corrected chi connectivity index (χ1v) is 10.9. The van der Waals surface area contributed by atoms with Crippen molar-refractivity contribution in [2.75, 3.05) is 19.6 Å². The Balaban J connectivity index is 0.000000509. The summed E-state index contributed by atoms with van der Waals surface area (Å²) in [4.78, 5) is 45.1. The van der Waals surface area contributed by atoms with Gasteiger partial charge in [0, 0.05) is 19.3 Å². The summed E-state index contributed by atoms with van der Waals surface area (Å²) in [6.07, 6.45) is -1.50. The molecule has 0 spiro atoms. The number of carbonyl (C=O) groups excluding carboxylic acids is 3. The molecule has 9 nitrogen and oxygen atoms in total. The molecule has 2 saturated heterocycles. The molecule has 3 rings (SSSR count). The summed E-state index contributed by atoms with van der Waals surface area (Å²) in [5.41, 5.74) is 6.47. The zero-order valence-corrected chi connectivity index (χ0v) is 18.5. The number of piperidine rings is 2. The molecule has 1 unspecified atom stereocenters. The Morgan fingerprint density at radius 3 is 2.21 bits per heavy atom. The quantitative estimate of drug-likeness (QED) is 0.500. The Bertz CT molecular complexity index is 868. The van der Waals surface area contributed by atoms with Crippen LogP contribution in [0.4, 0.5) is 13.2 Å². The maximum Gasteiger partial charge on any atom is 0.490 e. The highest BCUT2D eigenvalue weighted by atomic mass is 19.4. The standard InChI is InChI=1S/C20H27N3O4.C2HF3O2/c21-18(24)2-1-11-23-12-9-15(10-13-23)14-3-5-16(6-4-14)27-17-7-8-19(25)22-20(17)26;3-2(4,5)1(6)7/h3-6,15,17H,1-2,7-13H2,(H2,21,24)(H,22,25,26);(H,6,7). The van der Waals surface area contributed by atoms with Crippen molar-refractivity contribution < 1.29 is 42.2 Å². The van der Waals surface area contributed by atoms with Gasteiger partial charge >= 0.3 is 12.1 Å². The Hall–Kier alpha value is -3.15. The summed E-state index contributed by atoms with van der Waals surface area (Å²) >= 11 is 0. The molecular formula is C22H28F3N3O6. The van der Waals surface area contributed by atoms with Gasteiger partial charge in [-0.1, -0.05) is 12.1 Å². The summed E-state index contributed by atoms with van der Waals surface area (Å²) in [5.74, 6) is -2.42. The molecule has 0 aliphatic carbocycles. The average molecular weight is 487 g/mol. The fourth-order valence-corrected chi connectivity index (χ4v) is 3.74. The van der Waals surface area contributed by atoms with Crippen molar-refractivity contribution in [1.82, 2.24) is 10.2 Å². The summed E-state index contributed by atoms with van der Waals surface area (Å²) in [5, 5.41) is 9.43. The van der Waals surface area contributed by atoms with Crippen LogP contribution in [0.5, 0.6) is 5.75 Å². The molecule has 0 saturated carbocycles. The molecule has 1 atom stereocenters. The highest BCUT2D eigenvalue weighted by molar-refractivity contribution is 5.99. The molecule has 2 aliphatic rings. The molecule has 2 fully saturated rings. The van der Waals surface area contributed by atoms with Gasteiger partial charge in [0.2, 0.25) is 11.8 Å². The lowest BCUT2D eigenvalue weighted by Crippen LogP contribution is -2.46. The van der Waals surface area contributed by atoms with Crippen molar-refractivity contribution in [3.63, 3.8) is 0 Å². The second-order valence-electron chi connectivity index (χ2n) is 8.12. The molecule has 2 aliphatic heterocycles. The van der Waals surface area contributed by atoms with E-state index in [0.29, 0.717) is 30.9 Å². The third-order valence-corrected chi connectivity index (χ3v) is 5.55. The summed E-state index contributed by atoms with van der Waals surface area (Å²) in [6.45, 7) is 2.98. The number of primary amides is 1. The molecule has 1 aromatic carbocycles. The van der Waals surface area contributed by atoms with Gasteiger partial charge in [0.15, 0.2) is 6.10 Å². The molecule has 1 aromatic rings. The maximum atomic E-state index is 11.8. The van der Waals surface area contributed by atoms with Crippen LogP contribution in [0.15, 0.2) is 24.3 Å². The van der Waals surface area contributed by atoms with Crippen LogP contribution in [0.2, 0.25) is 0 Å². The van der Waals surface area contributed by atoms with Crippen molar-refractivity contribution in [1.29, 1.82) is 0 Å². The number of carbonyl (C=O) groups is 4. The lowest BCUT2D eigenvalue weighted by molar-refractivity contribution is -0.192. The number of benzene rings is 1. The van der Waals surface area contributed by atoms with E-state index in [1.165, 1.54) is 5.56 Å². The number of nitrogens with zero attached hydrogens (tertiary/aromatic N) is 1. The number of carboxylic acid groups (broad SMARTS) is 1. The smallest absolute Gasteiger partial charge is 0.481 e. The maximum absolute atomic E-state index is 11.8. The number of carboxylic acids is 1. The number of aliphatic carboxylic acids is 1. The highest BCUT2D eigenvalue weighted by Crippen LogP contribution is 2.29. The molecule has 188 valence electrons. The number of nitrogens with two attached hydrogens (primary N) is 1. The van der Waals surface area contributed by atoms with E-state index < -0.39 is 18.2 Å². The first-order valence-electron chi connectivity index (χ1n) is 10.9. The minimum atomic E-state index is -5.08. The normalized spacial score (nSPS) is 19.6. The minimum Gasteiger partial charge on any atom is -0.481 e. The molecule has 0 radical (unpaired) electrons. The molecule has 0 bridgehead atoms. The van der Waals surface area contributed by atoms with Gasteiger partial charge in [-0.15, -0.1) is 0 Å². The van der Waals surface area contributed by atoms with Crippen molar-refractivity contribution >= 4 is 23.7 Å². The van der Waals surface area contributed by atoms with Crippen LogP contribution in [0.1, 0.15) is 50.0 Å². The van der Waals surface area contributed by atoms with Gasteiger partial charge in [0.05, 0.1) is 0 Å². The number of hydrogen-bond acceptors (Lipinski definition) is 6. The topological polar surface area (TPSA) is 139 Å². The van der Waals surface area contributed by atoms with Crippen LogP contribution < -0.4 is 15.8 Å². The zero-order valence-electron chi connectivity index (χ0n) is 18.5. The molecule has 34 heavy (non-hydrogen) atoms. The molecule has 2 heterocycles. The van der Waals surface area contributed by atoms with Crippen LogP contribution >= 0.6 is 0 Å². The number of halogens is 3. The Morgan fingerprint density at radius 1 is 1.12 bits per heavy atom. The van der Waals surface area contributed by atoms with E-state index >= 15 is 0 Å².